The minimum absolute atomic E-state index is 0.0554. The number of hydrogen-bond donors (Lipinski definition) is 1. The van der Waals surface area contributed by atoms with Gasteiger partial charge in [-0.05, 0) is 40.1 Å². The van der Waals surface area contributed by atoms with Crippen molar-refractivity contribution in [1.29, 1.82) is 0 Å². The lowest BCUT2D eigenvalue weighted by Gasteiger charge is -2.07. The van der Waals surface area contributed by atoms with Crippen LogP contribution in [0.4, 0.5) is 0 Å². The fourth-order valence-electron chi connectivity index (χ4n) is 2.33. The average molecular weight is 280 g/mol. The van der Waals surface area contributed by atoms with Gasteiger partial charge in [0, 0.05) is 6.42 Å². The molecule has 5 heteroatoms. The molecule has 1 N–H and O–H groups in total. The highest BCUT2D eigenvalue weighted by Crippen LogP contribution is 2.13. The summed E-state index contributed by atoms with van der Waals surface area (Å²) in [5.74, 6) is 0.814. The third-order valence-electron chi connectivity index (χ3n) is 3.44. The van der Waals surface area contributed by atoms with E-state index >= 15 is 0 Å². The molecule has 5 nitrogen and oxygen atoms in total. The fraction of sp³-hybridized carbons (Fsp3) is 0.188. The van der Waals surface area contributed by atoms with E-state index < -0.39 is 0 Å². The fourth-order valence-corrected chi connectivity index (χ4v) is 2.33. The predicted octanol–water partition coefficient (Wildman–Crippen LogP) is 1.94. The molecule has 106 valence electrons. The van der Waals surface area contributed by atoms with E-state index in [0.29, 0.717) is 0 Å². The summed E-state index contributed by atoms with van der Waals surface area (Å²) in [4.78, 5) is 0. The van der Waals surface area contributed by atoms with E-state index in [0.717, 1.165) is 35.5 Å². The van der Waals surface area contributed by atoms with Crippen LogP contribution in [0.2, 0.25) is 0 Å². The quantitative estimate of drug-likeness (QED) is 0.775. The first-order valence-corrected chi connectivity index (χ1v) is 6.89. The highest BCUT2D eigenvalue weighted by atomic mass is 16.3. The normalized spacial score (nSPS) is 10.7. The van der Waals surface area contributed by atoms with Crippen LogP contribution in [0.15, 0.2) is 54.6 Å². The number of tetrazole rings is 1. The number of rotatable bonds is 5. The molecule has 0 fully saturated rings. The number of nitrogens with zero attached hydrogens (tertiary/aromatic N) is 4. The Kier molecular flexibility index (Phi) is 4.02. The van der Waals surface area contributed by atoms with Gasteiger partial charge in [0.05, 0.1) is 12.3 Å². The number of aliphatic hydroxyl groups excluding tert-OH is 1. The summed E-state index contributed by atoms with van der Waals surface area (Å²) < 4.78 is 1.75. The molecule has 1 heterocycles. The molecular formula is C16H16N4O. The Labute approximate surface area is 122 Å². The molecule has 2 aromatic carbocycles. The number of aryl methyl sites for hydroxylation is 2. The Hall–Kier alpha value is -2.53. The lowest BCUT2D eigenvalue weighted by atomic mass is 10.0. The maximum Gasteiger partial charge on any atom is 0.157 e. The van der Waals surface area contributed by atoms with Crippen molar-refractivity contribution in [3.63, 3.8) is 0 Å². The standard InChI is InChI=1S/C16H16N4O/c21-12-14-7-5-4-6-13(14)10-11-16-17-18-19-20(16)15-8-2-1-3-9-15/h1-9,21H,10-12H2. The SMILES string of the molecule is OCc1ccccc1CCc1nnnn1-c1ccccc1. The van der Waals surface area contributed by atoms with Crippen LogP contribution in [0.3, 0.4) is 0 Å². The van der Waals surface area contributed by atoms with Gasteiger partial charge in [0.25, 0.3) is 0 Å². The highest BCUT2D eigenvalue weighted by Gasteiger charge is 2.09. The maximum atomic E-state index is 9.36. The van der Waals surface area contributed by atoms with Crippen molar-refractivity contribution >= 4 is 0 Å². The lowest BCUT2D eigenvalue weighted by Crippen LogP contribution is -2.05. The van der Waals surface area contributed by atoms with E-state index in [1.54, 1.807) is 4.68 Å². The third kappa shape index (κ3) is 2.98. The Balaban J connectivity index is 1.79. The van der Waals surface area contributed by atoms with Gasteiger partial charge >= 0.3 is 0 Å². The molecule has 0 atom stereocenters. The zero-order valence-electron chi connectivity index (χ0n) is 11.6. The number of aromatic nitrogens is 4. The van der Waals surface area contributed by atoms with Crippen molar-refractivity contribution in [3.8, 4) is 5.69 Å². The zero-order valence-corrected chi connectivity index (χ0v) is 11.6. The van der Waals surface area contributed by atoms with Crippen molar-refractivity contribution in [2.24, 2.45) is 0 Å². The summed E-state index contributed by atoms with van der Waals surface area (Å²) >= 11 is 0. The molecule has 0 bridgehead atoms. The van der Waals surface area contributed by atoms with Crippen molar-refractivity contribution in [1.82, 2.24) is 20.2 Å². The molecule has 0 unspecified atom stereocenters. The van der Waals surface area contributed by atoms with Crippen LogP contribution in [-0.4, -0.2) is 25.3 Å². The Morgan fingerprint density at radius 3 is 2.33 bits per heavy atom. The molecule has 0 radical (unpaired) electrons. The number of benzene rings is 2. The zero-order chi connectivity index (χ0) is 14.5. The molecule has 3 aromatic rings. The minimum Gasteiger partial charge on any atom is -0.392 e. The molecule has 21 heavy (non-hydrogen) atoms. The van der Waals surface area contributed by atoms with E-state index in [4.69, 9.17) is 0 Å². The summed E-state index contributed by atoms with van der Waals surface area (Å²) in [6, 6.07) is 17.7. The molecule has 0 aliphatic carbocycles. The van der Waals surface area contributed by atoms with Crippen molar-refractivity contribution < 1.29 is 5.11 Å². The van der Waals surface area contributed by atoms with Crippen molar-refractivity contribution in [2.75, 3.05) is 0 Å². The maximum absolute atomic E-state index is 9.36. The summed E-state index contributed by atoms with van der Waals surface area (Å²) in [5, 5.41) is 21.3. The highest BCUT2D eigenvalue weighted by molar-refractivity contribution is 5.31. The van der Waals surface area contributed by atoms with Gasteiger partial charge in [-0.1, -0.05) is 42.5 Å². The second-order valence-corrected chi connectivity index (χ2v) is 4.77. The second kappa shape index (κ2) is 6.28. The number of hydrogen-bond acceptors (Lipinski definition) is 4. The molecule has 0 saturated carbocycles. The molecular weight excluding hydrogens is 264 g/mol. The first-order chi connectivity index (χ1) is 10.4. The van der Waals surface area contributed by atoms with Crippen molar-refractivity contribution in [2.45, 2.75) is 19.4 Å². The van der Waals surface area contributed by atoms with Gasteiger partial charge in [0.15, 0.2) is 5.82 Å². The first-order valence-electron chi connectivity index (χ1n) is 6.89. The van der Waals surface area contributed by atoms with Gasteiger partial charge in [-0.2, -0.15) is 4.68 Å². The van der Waals surface area contributed by atoms with Crippen LogP contribution in [-0.2, 0) is 19.4 Å². The summed E-state index contributed by atoms with van der Waals surface area (Å²) in [5.41, 5.74) is 3.03. The van der Waals surface area contributed by atoms with Crippen LogP contribution in [0, 0.1) is 0 Å². The smallest absolute Gasteiger partial charge is 0.157 e. The number of aliphatic hydroxyl groups is 1. The monoisotopic (exact) mass is 280 g/mol. The molecule has 0 aliphatic rings. The first kappa shape index (κ1) is 13.5. The molecule has 0 saturated heterocycles. The molecule has 0 spiro atoms. The van der Waals surface area contributed by atoms with E-state index in [9.17, 15) is 5.11 Å². The van der Waals surface area contributed by atoms with Gasteiger partial charge in [-0.3, -0.25) is 0 Å². The van der Waals surface area contributed by atoms with Crippen LogP contribution >= 0.6 is 0 Å². The Morgan fingerprint density at radius 2 is 1.57 bits per heavy atom. The van der Waals surface area contributed by atoms with E-state index in [2.05, 4.69) is 15.5 Å². The predicted molar refractivity (Wildman–Crippen MR) is 78.9 cm³/mol. The average Bonchev–Trinajstić information content (AvgIpc) is 3.02. The van der Waals surface area contributed by atoms with E-state index in [-0.39, 0.29) is 6.61 Å². The van der Waals surface area contributed by atoms with E-state index in [1.807, 2.05) is 54.6 Å². The van der Waals surface area contributed by atoms with Crippen LogP contribution in [0.1, 0.15) is 17.0 Å². The van der Waals surface area contributed by atoms with Crippen molar-refractivity contribution in [3.05, 3.63) is 71.5 Å². The second-order valence-electron chi connectivity index (χ2n) is 4.77. The van der Waals surface area contributed by atoms with Crippen LogP contribution in [0.5, 0.6) is 0 Å². The van der Waals surface area contributed by atoms with Gasteiger partial charge in [0.2, 0.25) is 0 Å². The summed E-state index contributed by atoms with van der Waals surface area (Å²) in [6.07, 6.45) is 1.52. The number of para-hydroxylation sites is 1. The third-order valence-corrected chi connectivity index (χ3v) is 3.44. The minimum atomic E-state index is 0.0554. The van der Waals surface area contributed by atoms with Crippen LogP contribution < -0.4 is 0 Å². The van der Waals surface area contributed by atoms with E-state index in [1.165, 1.54) is 0 Å². The molecule has 0 aliphatic heterocycles. The van der Waals surface area contributed by atoms with Gasteiger partial charge in [0.1, 0.15) is 0 Å². The topological polar surface area (TPSA) is 63.8 Å². The lowest BCUT2D eigenvalue weighted by molar-refractivity contribution is 0.280. The van der Waals surface area contributed by atoms with Gasteiger partial charge < -0.3 is 5.11 Å². The Morgan fingerprint density at radius 1 is 0.857 bits per heavy atom. The van der Waals surface area contributed by atoms with Gasteiger partial charge in [-0.15, -0.1) is 5.10 Å². The molecule has 1 aromatic heterocycles. The molecule has 3 rings (SSSR count). The van der Waals surface area contributed by atoms with Crippen LogP contribution in [0.25, 0.3) is 5.69 Å². The van der Waals surface area contributed by atoms with Gasteiger partial charge in [-0.25, -0.2) is 0 Å². The summed E-state index contributed by atoms with van der Waals surface area (Å²) in [7, 11) is 0. The Bertz CT molecular complexity index is 709. The molecule has 0 amide bonds. The summed E-state index contributed by atoms with van der Waals surface area (Å²) in [6.45, 7) is 0.0554. The largest absolute Gasteiger partial charge is 0.392 e.